The van der Waals surface area contributed by atoms with E-state index in [0.717, 1.165) is 11.3 Å². The van der Waals surface area contributed by atoms with Gasteiger partial charge in [-0.05, 0) is 5.92 Å². The zero-order valence-electron chi connectivity index (χ0n) is 8.94. The number of methoxy groups -OCH3 is 1. The van der Waals surface area contributed by atoms with Crippen molar-refractivity contribution in [1.82, 2.24) is 0 Å². The van der Waals surface area contributed by atoms with Gasteiger partial charge in [0.05, 0.1) is 13.7 Å². The lowest BCUT2D eigenvalue weighted by molar-refractivity contribution is 0.0603. The number of ether oxygens (including phenoxy) is 2. The molecule has 5 heteroatoms. The summed E-state index contributed by atoms with van der Waals surface area (Å²) < 4.78 is 9.89. The molecule has 0 bridgehead atoms. The van der Waals surface area contributed by atoms with Crippen molar-refractivity contribution in [3.05, 3.63) is 10.9 Å². The van der Waals surface area contributed by atoms with Gasteiger partial charge in [0.1, 0.15) is 5.75 Å². The second kappa shape index (κ2) is 5.02. The fourth-order valence-corrected chi connectivity index (χ4v) is 1.75. The van der Waals surface area contributed by atoms with Crippen molar-refractivity contribution < 1.29 is 19.4 Å². The first kappa shape index (κ1) is 11.8. The Morgan fingerprint density at radius 3 is 2.80 bits per heavy atom. The topological polar surface area (TPSA) is 55.8 Å². The van der Waals surface area contributed by atoms with E-state index >= 15 is 0 Å². The van der Waals surface area contributed by atoms with Crippen LogP contribution >= 0.6 is 11.3 Å². The number of thiophene rings is 1. The van der Waals surface area contributed by atoms with Crippen molar-refractivity contribution in [2.24, 2.45) is 5.92 Å². The Morgan fingerprint density at radius 2 is 2.27 bits per heavy atom. The van der Waals surface area contributed by atoms with Crippen LogP contribution in [0.4, 0.5) is 0 Å². The van der Waals surface area contributed by atoms with Gasteiger partial charge < -0.3 is 14.6 Å². The van der Waals surface area contributed by atoms with Gasteiger partial charge in [-0.2, -0.15) is 0 Å². The van der Waals surface area contributed by atoms with Crippen molar-refractivity contribution in [3.8, 4) is 10.8 Å². The average Bonchev–Trinajstić information content (AvgIpc) is 2.55. The van der Waals surface area contributed by atoms with Crippen LogP contribution in [0.5, 0.6) is 10.8 Å². The van der Waals surface area contributed by atoms with Gasteiger partial charge in [-0.15, -0.1) is 0 Å². The van der Waals surface area contributed by atoms with Crippen LogP contribution in [0.15, 0.2) is 6.07 Å². The molecule has 15 heavy (non-hydrogen) atoms. The number of carbonyl (C=O) groups is 1. The molecule has 0 unspecified atom stereocenters. The molecule has 0 aliphatic carbocycles. The van der Waals surface area contributed by atoms with Crippen molar-refractivity contribution in [3.63, 3.8) is 0 Å². The highest BCUT2D eigenvalue weighted by atomic mass is 32.1. The van der Waals surface area contributed by atoms with E-state index in [1.807, 2.05) is 13.8 Å². The number of aromatic hydroxyl groups is 1. The maximum absolute atomic E-state index is 11.2. The third kappa shape index (κ3) is 3.13. The smallest absolute Gasteiger partial charge is 0.352 e. The van der Waals surface area contributed by atoms with Gasteiger partial charge in [-0.3, -0.25) is 0 Å². The van der Waals surface area contributed by atoms with Crippen molar-refractivity contribution in [2.75, 3.05) is 13.7 Å². The highest BCUT2D eigenvalue weighted by Crippen LogP contribution is 2.34. The summed E-state index contributed by atoms with van der Waals surface area (Å²) in [5.41, 5.74) is 0. The molecule has 84 valence electrons. The van der Waals surface area contributed by atoms with Crippen LogP contribution < -0.4 is 4.74 Å². The predicted octanol–water partition coefficient (Wildman–Crippen LogP) is 2.28. The molecule has 0 fully saturated rings. The molecule has 1 heterocycles. The van der Waals surface area contributed by atoms with E-state index in [9.17, 15) is 9.90 Å². The zero-order chi connectivity index (χ0) is 11.4. The SMILES string of the molecule is COC(=O)c1sc(OCC(C)C)cc1O. The molecule has 0 aliphatic heterocycles. The van der Waals surface area contributed by atoms with Gasteiger partial charge in [-0.1, -0.05) is 25.2 Å². The predicted molar refractivity (Wildman–Crippen MR) is 57.7 cm³/mol. The number of carbonyl (C=O) groups excluding carboxylic acids is 1. The molecule has 0 amide bonds. The Balaban J connectivity index is 2.72. The lowest BCUT2D eigenvalue weighted by Crippen LogP contribution is -2.03. The van der Waals surface area contributed by atoms with Crippen molar-refractivity contribution >= 4 is 17.3 Å². The Hall–Kier alpha value is -1.23. The Bertz CT molecular complexity index is 343. The number of hydrogen-bond donors (Lipinski definition) is 1. The summed E-state index contributed by atoms with van der Waals surface area (Å²) in [7, 11) is 1.27. The van der Waals surface area contributed by atoms with Gasteiger partial charge in [0.25, 0.3) is 0 Å². The third-order valence-corrected chi connectivity index (χ3v) is 2.64. The molecular formula is C10H14O4S. The molecule has 1 N–H and O–H groups in total. The van der Waals surface area contributed by atoms with Gasteiger partial charge in [0.15, 0.2) is 9.94 Å². The highest BCUT2D eigenvalue weighted by molar-refractivity contribution is 7.16. The first-order valence-electron chi connectivity index (χ1n) is 4.58. The first-order valence-corrected chi connectivity index (χ1v) is 5.40. The largest absolute Gasteiger partial charge is 0.506 e. The minimum atomic E-state index is -0.545. The third-order valence-electron chi connectivity index (χ3n) is 1.62. The Morgan fingerprint density at radius 1 is 1.60 bits per heavy atom. The standard InChI is InChI=1S/C10H14O4S/c1-6(2)5-14-8-4-7(11)9(15-8)10(12)13-3/h4,6,11H,5H2,1-3H3. The van der Waals surface area contributed by atoms with Crippen LogP contribution in [0, 0.1) is 5.92 Å². The molecule has 0 saturated carbocycles. The zero-order valence-corrected chi connectivity index (χ0v) is 9.76. The maximum Gasteiger partial charge on any atom is 0.352 e. The summed E-state index contributed by atoms with van der Waals surface area (Å²) in [6.07, 6.45) is 0. The molecule has 1 aromatic rings. The van der Waals surface area contributed by atoms with Crippen molar-refractivity contribution in [1.29, 1.82) is 0 Å². The van der Waals surface area contributed by atoms with E-state index in [0.29, 0.717) is 17.6 Å². The quantitative estimate of drug-likeness (QED) is 0.806. The molecule has 0 atom stereocenters. The summed E-state index contributed by atoms with van der Waals surface area (Å²) in [6, 6.07) is 1.43. The fraction of sp³-hybridized carbons (Fsp3) is 0.500. The van der Waals surface area contributed by atoms with E-state index in [1.54, 1.807) is 0 Å². The number of esters is 1. The van der Waals surface area contributed by atoms with Gasteiger partial charge in [-0.25, -0.2) is 4.79 Å². The van der Waals surface area contributed by atoms with Crippen LogP contribution in [0.1, 0.15) is 23.5 Å². The van der Waals surface area contributed by atoms with E-state index in [-0.39, 0.29) is 10.6 Å². The molecule has 4 nitrogen and oxygen atoms in total. The Labute approximate surface area is 92.4 Å². The molecule has 0 radical (unpaired) electrons. The van der Waals surface area contributed by atoms with Crippen LogP contribution in [-0.4, -0.2) is 24.8 Å². The normalized spacial score (nSPS) is 10.4. The summed E-state index contributed by atoms with van der Waals surface area (Å²) in [6.45, 7) is 4.60. The molecular weight excluding hydrogens is 216 g/mol. The fourth-order valence-electron chi connectivity index (χ4n) is 0.918. The van der Waals surface area contributed by atoms with E-state index in [4.69, 9.17) is 4.74 Å². The highest BCUT2D eigenvalue weighted by Gasteiger charge is 2.17. The minimum Gasteiger partial charge on any atom is -0.506 e. The molecule has 0 aliphatic rings. The lowest BCUT2D eigenvalue weighted by Gasteiger charge is -2.04. The second-order valence-electron chi connectivity index (χ2n) is 3.48. The lowest BCUT2D eigenvalue weighted by atomic mass is 10.2. The summed E-state index contributed by atoms with van der Waals surface area (Å²) in [5.74, 6) is -0.238. The molecule has 1 aromatic heterocycles. The molecule has 1 rings (SSSR count). The summed E-state index contributed by atoms with van der Waals surface area (Å²) >= 11 is 1.09. The van der Waals surface area contributed by atoms with Crippen LogP contribution in [0.3, 0.4) is 0 Å². The van der Waals surface area contributed by atoms with E-state index in [2.05, 4.69) is 4.74 Å². The van der Waals surface area contributed by atoms with Crippen molar-refractivity contribution in [2.45, 2.75) is 13.8 Å². The summed E-state index contributed by atoms with van der Waals surface area (Å²) in [5, 5.41) is 9.96. The van der Waals surface area contributed by atoms with Gasteiger partial charge in [0.2, 0.25) is 0 Å². The maximum atomic E-state index is 11.2. The first-order chi connectivity index (χ1) is 7.04. The van der Waals surface area contributed by atoms with E-state index < -0.39 is 5.97 Å². The van der Waals surface area contributed by atoms with Crippen LogP contribution in [-0.2, 0) is 4.74 Å². The molecule has 0 aromatic carbocycles. The average molecular weight is 230 g/mol. The summed E-state index contributed by atoms with van der Waals surface area (Å²) in [4.78, 5) is 11.3. The second-order valence-corrected chi connectivity index (χ2v) is 4.49. The molecule has 0 saturated heterocycles. The number of hydrogen-bond acceptors (Lipinski definition) is 5. The van der Waals surface area contributed by atoms with Gasteiger partial charge in [0, 0.05) is 6.07 Å². The minimum absolute atomic E-state index is 0.0920. The Kier molecular flexibility index (Phi) is 3.96. The van der Waals surface area contributed by atoms with E-state index in [1.165, 1.54) is 13.2 Å². The number of rotatable bonds is 4. The molecule has 0 spiro atoms. The monoisotopic (exact) mass is 230 g/mol. The van der Waals surface area contributed by atoms with Crippen LogP contribution in [0.25, 0.3) is 0 Å². The van der Waals surface area contributed by atoms with Gasteiger partial charge >= 0.3 is 5.97 Å². The van der Waals surface area contributed by atoms with Crippen LogP contribution in [0.2, 0.25) is 0 Å².